The van der Waals surface area contributed by atoms with E-state index in [2.05, 4.69) is 6.92 Å². The monoisotopic (exact) mass is 480 g/mol. The van der Waals surface area contributed by atoms with E-state index < -0.39 is 13.9 Å². The minimum absolute atomic E-state index is 0.859. The molecule has 0 radical (unpaired) electrons. The molecule has 122 valence electrons. The van der Waals surface area contributed by atoms with E-state index in [0.717, 1.165) is 12.4 Å². The van der Waals surface area contributed by atoms with Crippen LogP contribution in [0.25, 0.3) is 0 Å². The summed E-state index contributed by atoms with van der Waals surface area (Å²) in [7, 11) is 20.1. The van der Waals surface area contributed by atoms with Crippen LogP contribution in [0.4, 0.5) is 0 Å². The first-order chi connectivity index (χ1) is 9.93. The van der Waals surface area contributed by atoms with E-state index in [9.17, 15) is 0 Å². The van der Waals surface area contributed by atoms with Gasteiger partial charge < -0.3 is 4.74 Å². The van der Waals surface area contributed by atoms with E-state index in [1.54, 1.807) is 0 Å². The van der Waals surface area contributed by atoms with E-state index in [0.29, 0.717) is 0 Å². The van der Waals surface area contributed by atoms with Gasteiger partial charge in [0, 0.05) is 0 Å². The fourth-order valence-corrected chi connectivity index (χ4v) is 1.77. The van der Waals surface area contributed by atoms with Crippen molar-refractivity contribution in [3.63, 3.8) is 0 Å². The van der Waals surface area contributed by atoms with Crippen LogP contribution in [0, 0.1) is 0 Å². The number of halogens is 4. The van der Waals surface area contributed by atoms with Crippen molar-refractivity contribution >= 4 is 49.6 Å². The fraction of sp³-hybridized carbons (Fsp3) is 0.600. The summed E-state index contributed by atoms with van der Waals surface area (Å²) in [5.74, 6) is 0.994. The maximum absolute atomic E-state index is 5.63. The van der Waals surface area contributed by atoms with Gasteiger partial charge in [0.15, 0.2) is 0 Å². The Hall–Kier alpha value is 0.979. The van der Waals surface area contributed by atoms with Gasteiger partial charge in [-0.25, -0.2) is 0 Å². The van der Waals surface area contributed by atoms with Gasteiger partial charge in [-0.3, -0.25) is 0 Å². The molecule has 0 aliphatic carbocycles. The molecule has 1 rings (SSSR count). The Bertz CT molecular complexity index is 324. The molecule has 0 unspecified atom stereocenters. The van der Waals surface area contributed by atoms with Crippen molar-refractivity contribution in [2.24, 2.45) is 0 Å². The summed E-state index contributed by atoms with van der Waals surface area (Å²) in [6.45, 7) is 3.12. The summed E-state index contributed by atoms with van der Waals surface area (Å²) in [5.41, 5.74) is 0. The first-order valence-electron chi connectivity index (χ1n) is 7.37. The third-order valence-corrected chi connectivity index (χ3v) is 2.76. The second-order valence-corrected chi connectivity index (χ2v) is 30.2. The van der Waals surface area contributed by atoms with Gasteiger partial charge in [-0.05, 0) is 18.6 Å². The molecule has 6 heteroatoms. The number of ether oxygens (including phenoxy) is 1. The van der Waals surface area contributed by atoms with E-state index in [4.69, 9.17) is 40.4 Å². The van der Waals surface area contributed by atoms with Gasteiger partial charge in [-0.1, -0.05) is 63.6 Å². The van der Waals surface area contributed by atoms with Crippen molar-refractivity contribution in [2.45, 2.75) is 51.9 Å². The molecule has 0 aromatic heterocycles. The first-order valence-corrected chi connectivity index (χ1v) is 21.8. The van der Waals surface area contributed by atoms with Gasteiger partial charge in [0.25, 0.3) is 0 Å². The predicted molar refractivity (Wildman–Crippen MR) is 99.1 cm³/mol. The van der Waals surface area contributed by atoms with Crippen LogP contribution < -0.4 is 4.74 Å². The molecular weight excluding hydrogens is 457 g/mol. The molecule has 1 nitrogen and oxygen atoms in total. The quantitative estimate of drug-likeness (QED) is 0.268. The Kier molecular flexibility index (Phi) is 15.2. The summed E-state index contributed by atoms with van der Waals surface area (Å²) in [6, 6.07) is 10.1. The van der Waals surface area contributed by atoms with Crippen LogP contribution in [0.5, 0.6) is 5.75 Å². The summed E-state index contributed by atoms with van der Waals surface area (Å²) < 4.78 is 5.63. The van der Waals surface area contributed by atoms with E-state index >= 15 is 0 Å². The number of unbranched alkanes of at least 4 members (excludes halogenated alkanes) is 6. The topological polar surface area (TPSA) is 9.23 Å². The van der Waals surface area contributed by atoms with Crippen LogP contribution >= 0.6 is 35.7 Å². The zero-order chi connectivity index (χ0) is 16.0. The zero-order valence-electron chi connectivity index (χ0n) is 12.5. The maximum atomic E-state index is 5.63. The molecule has 0 atom stereocenters. The third-order valence-electron chi connectivity index (χ3n) is 2.76. The van der Waals surface area contributed by atoms with Gasteiger partial charge in [-0.2, -0.15) is 0 Å². The van der Waals surface area contributed by atoms with Crippen molar-refractivity contribution in [3.05, 3.63) is 30.3 Å². The molecule has 0 saturated carbocycles. The van der Waals surface area contributed by atoms with Crippen molar-refractivity contribution in [1.29, 1.82) is 0 Å². The average molecular weight is 481 g/mol. The molecule has 0 fully saturated rings. The Morgan fingerprint density at radius 3 is 1.81 bits per heavy atom. The zero-order valence-corrected chi connectivity index (χ0v) is 18.3. The summed E-state index contributed by atoms with van der Waals surface area (Å²) in [6.07, 6.45) is 9.35. The molecule has 1 aromatic rings. The second kappa shape index (κ2) is 14.6. The number of hydrogen-bond acceptors (Lipinski definition) is 1. The molecule has 21 heavy (non-hydrogen) atoms. The van der Waals surface area contributed by atoms with Crippen LogP contribution in [0.2, 0.25) is 0 Å². The van der Waals surface area contributed by atoms with Gasteiger partial charge in [0.2, 0.25) is 0 Å². The third kappa shape index (κ3) is 21.0. The number of benzene rings is 1. The molecular formula is C15H24Cl4OSn. The van der Waals surface area contributed by atoms with Gasteiger partial charge in [0.1, 0.15) is 5.75 Å². The molecule has 0 aliphatic rings. The molecule has 0 amide bonds. The van der Waals surface area contributed by atoms with Crippen LogP contribution in [-0.2, 0) is 0 Å². The molecule has 0 saturated heterocycles. The van der Waals surface area contributed by atoms with E-state index in [1.807, 2.05) is 30.3 Å². The predicted octanol–water partition coefficient (Wildman–Crippen LogP) is 7.19. The molecule has 0 heterocycles. The minimum atomic E-state index is -3.29. The Morgan fingerprint density at radius 1 is 0.810 bits per heavy atom. The van der Waals surface area contributed by atoms with Crippen LogP contribution in [0.15, 0.2) is 30.3 Å². The molecule has 0 spiro atoms. The van der Waals surface area contributed by atoms with Crippen molar-refractivity contribution in [2.75, 3.05) is 6.61 Å². The molecule has 0 aliphatic heterocycles. The van der Waals surface area contributed by atoms with Gasteiger partial charge in [-0.15, -0.1) is 0 Å². The molecule has 0 bridgehead atoms. The van der Waals surface area contributed by atoms with Crippen LogP contribution in [-0.4, -0.2) is 20.5 Å². The van der Waals surface area contributed by atoms with Gasteiger partial charge >= 0.3 is 49.6 Å². The standard InChI is InChI=1S/C15H24O.4ClH.Sn/c1-2-3-4-5-6-7-11-14-16-15-12-9-8-10-13-15;;;;;/h8-10,12-13H,2-7,11,14H2,1H3;4*1H;/q;;;;;+4/p-4. The van der Waals surface area contributed by atoms with Crippen LogP contribution in [0.1, 0.15) is 51.9 Å². The van der Waals surface area contributed by atoms with E-state index in [1.165, 1.54) is 44.9 Å². The SMILES string of the molecule is CCCCCCCCCOc1ccccc1.[Cl][Sn]([Cl])([Cl])[Cl]. The van der Waals surface area contributed by atoms with Crippen molar-refractivity contribution < 1.29 is 4.74 Å². The number of para-hydroxylation sites is 1. The Morgan fingerprint density at radius 2 is 1.29 bits per heavy atom. The van der Waals surface area contributed by atoms with Crippen LogP contribution in [0.3, 0.4) is 0 Å². The fourth-order valence-electron chi connectivity index (χ4n) is 1.77. The molecule has 1 aromatic carbocycles. The average Bonchev–Trinajstić information content (AvgIpc) is 2.41. The normalized spacial score (nSPS) is 10.7. The van der Waals surface area contributed by atoms with E-state index in [-0.39, 0.29) is 0 Å². The van der Waals surface area contributed by atoms with Crippen molar-refractivity contribution in [1.82, 2.24) is 0 Å². The number of rotatable bonds is 9. The summed E-state index contributed by atoms with van der Waals surface area (Å²) in [4.78, 5) is 0. The Balaban J connectivity index is 0.000000690. The van der Waals surface area contributed by atoms with Crippen molar-refractivity contribution in [3.8, 4) is 5.75 Å². The molecule has 0 N–H and O–H groups in total. The second-order valence-electron chi connectivity index (χ2n) is 4.71. The Labute approximate surface area is 148 Å². The van der Waals surface area contributed by atoms with Gasteiger partial charge in [0.05, 0.1) is 6.61 Å². The summed E-state index contributed by atoms with van der Waals surface area (Å²) in [5, 5.41) is 0. The number of hydrogen-bond donors (Lipinski definition) is 0. The first kappa shape index (κ1) is 22.0. The summed E-state index contributed by atoms with van der Waals surface area (Å²) >= 11 is -3.29.